The molecular formula is C16H20N4O. The first-order chi connectivity index (χ1) is 10.2. The molecule has 0 aliphatic heterocycles. The number of carbonyl (C=O) groups excluding carboxylic acids is 1. The van der Waals surface area contributed by atoms with E-state index in [-0.39, 0.29) is 5.91 Å². The lowest BCUT2D eigenvalue weighted by atomic mass is 10.1. The SMILES string of the molecule is CC(CNC(=O)c1cc(NN)nc2ccccc12)C1CC1. The quantitative estimate of drug-likeness (QED) is 0.581. The summed E-state index contributed by atoms with van der Waals surface area (Å²) in [5.41, 5.74) is 3.88. The van der Waals surface area contributed by atoms with E-state index < -0.39 is 0 Å². The molecule has 0 bridgehead atoms. The molecule has 1 saturated carbocycles. The summed E-state index contributed by atoms with van der Waals surface area (Å²) in [4.78, 5) is 16.8. The van der Waals surface area contributed by atoms with E-state index in [2.05, 4.69) is 22.7 Å². The van der Waals surface area contributed by atoms with Crippen LogP contribution in [0.3, 0.4) is 0 Å². The fraction of sp³-hybridized carbons (Fsp3) is 0.375. The topological polar surface area (TPSA) is 80.0 Å². The second-order valence-corrected chi connectivity index (χ2v) is 5.74. The van der Waals surface area contributed by atoms with E-state index in [0.29, 0.717) is 23.8 Å². The molecule has 21 heavy (non-hydrogen) atoms. The lowest BCUT2D eigenvalue weighted by Crippen LogP contribution is -2.29. The molecule has 0 radical (unpaired) electrons. The Morgan fingerprint density at radius 2 is 2.19 bits per heavy atom. The van der Waals surface area contributed by atoms with E-state index in [1.54, 1.807) is 6.07 Å². The van der Waals surface area contributed by atoms with Crippen LogP contribution in [-0.2, 0) is 0 Å². The van der Waals surface area contributed by atoms with Gasteiger partial charge in [0.2, 0.25) is 0 Å². The van der Waals surface area contributed by atoms with Crippen molar-refractivity contribution in [3.05, 3.63) is 35.9 Å². The first kappa shape index (κ1) is 13.8. The molecule has 2 aromatic rings. The molecular weight excluding hydrogens is 264 g/mol. The van der Waals surface area contributed by atoms with Crippen LogP contribution in [0.4, 0.5) is 5.82 Å². The number of nitrogens with zero attached hydrogens (tertiary/aromatic N) is 1. The number of para-hydroxylation sites is 1. The number of anilines is 1. The highest BCUT2D eigenvalue weighted by Gasteiger charge is 2.28. The van der Waals surface area contributed by atoms with Gasteiger partial charge in [0.15, 0.2) is 0 Å². The maximum absolute atomic E-state index is 12.5. The van der Waals surface area contributed by atoms with Gasteiger partial charge in [0, 0.05) is 11.9 Å². The Labute approximate surface area is 123 Å². The minimum Gasteiger partial charge on any atom is -0.352 e. The normalized spacial score (nSPS) is 15.7. The Kier molecular flexibility index (Phi) is 3.75. The minimum atomic E-state index is -0.0717. The number of nitrogens with two attached hydrogens (primary N) is 1. The van der Waals surface area contributed by atoms with Crippen molar-refractivity contribution in [2.45, 2.75) is 19.8 Å². The fourth-order valence-electron chi connectivity index (χ4n) is 2.62. The molecule has 1 atom stereocenters. The average molecular weight is 284 g/mol. The monoisotopic (exact) mass is 284 g/mol. The molecule has 1 aromatic carbocycles. The number of pyridine rings is 1. The Morgan fingerprint density at radius 3 is 2.90 bits per heavy atom. The van der Waals surface area contributed by atoms with Crippen LogP contribution < -0.4 is 16.6 Å². The Bertz CT molecular complexity index is 666. The van der Waals surface area contributed by atoms with Gasteiger partial charge in [0.25, 0.3) is 5.91 Å². The number of carbonyl (C=O) groups is 1. The van der Waals surface area contributed by atoms with E-state index in [1.165, 1.54) is 12.8 Å². The summed E-state index contributed by atoms with van der Waals surface area (Å²) in [7, 11) is 0. The molecule has 5 heteroatoms. The Hall–Kier alpha value is -2.14. The van der Waals surface area contributed by atoms with Gasteiger partial charge in [-0.25, -0.2) is 10.8 Å². The fourth-order valence-corrected chi connectivity index (χ4v) is 2.62. The van der Waals surface area contributed by atoms with Crippen LogP contribution in [0.5, 0.6) is 0 Å². The third-order valence-electron chi connectivity index (χ3n) is 4.12. The molecule has 1 fully saturated rings. The molecule has 1 aliphatic rings. The molecule has 0 spiro atoms. The lowest BCUT2D eigenvalue weighted by molar-refractivity contribution is 0.0948. The van der Waals surface area contributed by atoms with Crippen LogP contribution >= 0.6 is 0 Å². The van der Waals surface area contributed by atoms with Crippen molar-refractivity contribution in [2.24, 2.45) is 17.7 Å². The number of hydrogen-bond donors (Lipinski definition) is 3. The summed E-state index contributed by atoms with van der Waals surface area (Å²) in [5, 5.41) is 3.87. The largest absolute Gasteiger partial charge is 0.352 e. The number of amides is 1. The number of nitrogens with one attached hydrogen (secondary N) is 2. The van der Waals surface area contributed by atoms with Crippen LogP contribution in [0.1, 0.15) is 30.1 Å². The predicted octanol–water partition coefficient (Wildman–Crippen LogP) is 2.30. The van der Waals surface area contributed by atoms with Gasteiger partial charge in [-0.3, -0.25) is 4.79 Å². The van der Waals surface area contributed by atoms with Gasteiger partial charge in [-0.2, -0.15) is 0 Å². The van der Waals surface area contributed by atoms with Gasteiger partial charge >= 0.3 is 0 Å². The highest BCUT2D eigenvalue weighted by atomic mass is 16.1. The van der Waals surface area contributed by atoms with E-state index in [4.69, 9.17) is 5.84 Å². The van der Waals surface area contributed by atoms with Gasteiger partial charge in [0.05, 0.1) is 11.1 Å². The summed E-state index contributed by atoms with van der Waals surface area (Å²) in [5.74, 6) is 7.17. The van der Waals surface area contributed by atoms with E-state index in [9.17, 15) is 4.79 Å². The molecule has 3 rings (SSSR count). The Morgan fingerprint density at radius 1 is 1.43 bits per heavy atom. The first-order valence-corrected chi connectivity index (χ1v) is 7.33. The maximum Gasteiger partial charge on any atom is 0.252 e. The zero-order chi connectivity index (χ0) is 14.8. The van der Waals surface area contributed by atoms with E-state index >= 15 is 0 Å². The molecule has 1 unspecified atom stereocenters. The first-order valence-electron chi connectivity index (χ1n) is 7.33. The predicted molar refractivity (Wildman–Crippen MR) is 83.8 cm³/mol. The summed E-state index contributed by atoms with van der Waals surface area (Å²) in [6.45, 7) is 2.90. The van der Waals surface area contributed by atoms with Gasteiger partial charge in [-0.05, 0) is 36.8 Å². The smallest absolute Gasteiger partial charge is 0.252 e. The summed E-state index contributed by atoms with van der Waals surface area (Å²) >= 11 is 0. The summed E-state index contributed by atoms with van der Waals surface area (Å²) < 4.78 is 0. The number of hydrogen-bond acceptors (Lipinski definition) is 4. The molecule has 1 aliphatic carbocycles. The van der Waals surface area contributed by atoms with Crippen molar-refractivity contribution in [1.82, 2.24) is 10.3 Å². The van der Waals surface area contributed by atoms with Crippen molar-refractivity contribution in [3.63, 3.8) is 0 Å². The van der Waals surface area contributed by atoms with Gasteiger partial charge in [0.1, 0.15) is 5.82 Å². The number of benzene rings is 1. The molecule has 1 heterocycles. The van der Waals surface area contributed by atoms with Gasteiger partial charge in [-0.1, -0.05) is 25.1 Å². The lowest BCUT2D eigenvalue weighted by Gasteiger charge is -2.13. The average Bonchev–Trinajstić information content (AvgIpc) is 3.36. The van der Waals surface area contributed by atoms with Crippen LogP contribution in [0.15, 0.2) is 30.3 Å². The highest BCUT2D eigenvalue weighted by molar-refractivity contribution is 6.06. The maximum atomic E-state index is 12.5. The van der Waals surface area contributed by atoms with Crippen LogP contribution in [0.25, 0.3) is 10.9 Å². The number of rotatable bonds is 5. The van der Waals surface area contributed by atoms with E-state index in [1.807, 2.05) is 24.3 Å². The van der Waals surface area contributed by atoms with Crippen molar-refractivity contribution >= 4 is 22.6 Å². The zero-order valence-corrected chi connectivity index (χ0v) is 12.1. The van der Waals surface area contributed by atoms with Crippen LogP contribution in [0.2, 0.25) is 0 Å². The van der Waals surface area contributed by atoms with Crippen LogP contribution in [-0.4, -0.2) is 17.4 Å². The van der Waals surface area contributed by atoms with Crippen molar-refractivity contribution in [2.75, 3.05) is 12.0 Å². The number of aromatic nitrogens is 1. The number of fused-ring (bicyclic) bond motifs is 1. The molecule has 5 nitrogen and oxygen atoms in total. The zero-order valence-electron chi connectivity index (χ0n) is 12.1. The third-order valence-corrected chi connectivity index (χ3v) is 4.12. The molecule has 110 valence electrons. The second kappa shape index (κ2) is 5.69. The van der Waals surface area contributed by atoms with Crippen molar-refractivity contribution < 1.29 is 4.79 Å². The highest BCUT2D eigenvalue weighted by Crippen LogP contribution is 2.36. The van der Waals surface area contributed by atoms with E-state index in [0.717, 1.165) is 16.8 Å². The molecule has 0 saturated heterocycles. The van der Waals surface area contributed by atoms with Crippen molar-refractivity contribution in [3.8, 4) is 0 Å². The summed E-state index contributed by atoms with van der Waals surface area (Å²) in [6, 6.07) is 9.27. The van der Waals surface area contributed by atoms with Crippen LogP contribution in [0, 0.1) is 11.8 Å². The molecule has 1 amide bonds. The van der Waals surface area contributed by atoms with Crippen molar-refractivity contribution in [1.29, 1.82) is 0 Å². The second-order valence-electron chi connectivity index (χ2n) is 5.74. The standard InChI is InChI=1S/C16H20N4O/c1-10(11-6-7-11)9-18-16(21)13-8-15(20-17)19-14-5-3-2-4-12(13)14/h2-5,8,10-11H,6-7,9,17H2,1H3,(H,18,21)(H,19,20). The Balaban J connectivity index is 1.85. The third kappa shape index (κ3) is 2.97. The molecule has 1 aromatic heterocycles. The van der Waals surface area contributed by atoms with Gasteiger partial charge < -0.3 is 10.7 Å². The van der Waals surface area contributed by atoms with Gasteiger partial charge in [-0.15, -0.1) is 0 Å². The molecule has 4 N–H and O–H groups in total. The summed E-state index contributed by atoms with van der Waals surface area (Å²) in [6.07, 6.45) is 2.58. The number of hydrazine groups is 1. The number of nitrogen functional groups attached to an aromatic ring is 1. The minimum absolute atomic E-state index is 0.0717.